The molecule has 1 amide bonds. The van der Waals surface area contributed by atoms with E-state index in [1.807, 2.05) is 12.1 Å². The van der Waals surface area contributed by atoms with Crippen LogP contribution in [-0.2, 0) is 11.2 Å². The molecule has 178 valence electrons. The second-order valence-corrected chi connectivity index (χ2v) is 9.22. The lowest BCUT2D eigenvalue weighted by Gasteiger charge is -2.34. The highest BCUT2D eigenvalue weighted by Crippen LogP contribution is 2.31. The Morgan fingerprint density at radius 3 is 2.55 bits per heavy atom. The third-order valence-electron chi connectivity index (χ3n) is 7.00. The molecule has 1 atom stereocenters. The number of ether oxygens (including phenoxy) is 1. The maximum Gasteiger partial charge on any atom is 0.263 e. The Morgan fingerprint density at radius 1 is 1.06 bits per heavy atom. The van der Waals surface area contributed by atoms with Crippen LogP contribution >= 0.6 is 0 Å². The fraction of sp³-hybridized carbons (Fsp3) is 0.577. The van der Waals surface area contributed by atoms with Gasteiger partial charge in [-0.25, -0.2) is 9.97 Å². The van der Waals surface area contributed by atoms with Gasteiger partial charge in [0.1, 0.15) is 5.75 Å². The topological polar surface area (TPSA) is 70.6 Å². The third-order valence-corrected chi connectivity index (χ3v) is 7.00. The van der Waals surface area contributed by atoms with Gasteiger partial charge in [-0.15, -0.1) is 0 Å². The second kappa shape index (κ2) is 11.5. The van der Waals surface area contributed by atoms with Gasteiger partial charge in [0.2, 0.25) is 5.91 Å². The molecule has 0 bridgehead atoms. The number of aromatic nitrogens is 2. The standard InChI is InChI=1S/C26H37N5O2/c1-3-21-7-9-23(10-8-21)33-26-24(27-13-14-29-26)31-17-11-22(12-18-31)25(32)28-15-19-30-16-5-4-6-20(30)2/h7-10,13-14,20,22H,3-6,11-12,15-19H2,1-2H3,(H,28,32)/t20-/m1/s1. The first kappa shape index (κ1) is 23.5. The van der Waals surface area contributed by atoms with E-state index in [1.165, 1.54) is 24.8 Å². The smallest absolute Gasteiger partial charge is 0.263 e. The molecule has 33 heavy (non-hydrogen) atoms. The first-order chi connectivity index (χ1) is 16.1. The molecular formula is C26H37N5O2. The Balaban J connectivity index is 1.27. The molecule has 7 heteroatoms. The summed E-state index contributed by atoms with van der Waals surface area (Å²) in [5.74, 6) is 2.26. The summed E-state index contributed by atoms with van der Waals surface area (Å²) < 4.78 is 6.06. The van der Waals surface area contributed by atoms with E-state index in [0.29, 0.717) is 11.9 Å². The van der Waals surface area contributed by atoms with Gasteiger partial charge in [-0.05, 0) is 63.3 Å². The number of carbonyl (C=O) groups is 1. The van der Waals surface area contributed by atoms with Crippen LogP contribution in [0.15, 0.2) is 36.7 Å². The molecule has 0 saturated carbocycles. The quantitative estimate of drug-likeness (QED) is 0.653. The molecule has 0 unspecified atom stereocenters. The minimum atomic E-state index is 0.0580. The van der Waals surface area contributed by atoms with Gasteiger partial charge < -0.3 is 15.0 Å². The Labute approximate surface area is 197 Å². The van der Waals surface area contributed by atoms with Crippen molar-refractivity contribution in [2.75, 3.05) is 37.6 Å². The van der Waals surface area contributed by atoms with Crippen molar-refractivity contribution in [2.45, 2.75) is 58.4 Å². The van der Waals surface area contributed by atoms with Crippen molar-refractivity contribution in [3.8, 4) is 11.6 Å². The van der Waals surface area contributed by atoms with Crippen LogP contribution in [-0.4, -0.2) is 59.5 Å². The van der Waals surface area contributed by atoms with Crippen molar-refractivity contribution in [2.24, 2.45) is 5.92 Å². The predicted molar refractivity (Wildman–Crippen MR) is 131 cm³/mol. The SMILES string of the molecule is CCc1ccc(Oc2nccnc2N2CCC(C(=O)NCCN3CCCC[C@H]3C)CC2)cc1. The monoisotopic (exact) mass is 451 g/mol. The molecular weight excluding hydrogens is 414 g/mol. The molecule has 4 rings (SSSR count). The average Bonchev–Trinajstić information content (AvgIpc) is 2.86. The average molecular weight is 452 g/mol. The van der Waals surface area contributed by atoms with Crippen LogP contribution in [0, 0.1) is 5.92 Å². The summed E-state index contributed by atoms with van der Waals surface area (Å²) in [6, 6.07) is 8.71. The molecule has 2 aliphatic heterocycles. The summed E-state index contributed by atoms with van der Waals surface area (Å²) in [5, 5.41) is 3.18. The highest BCUT2D eigenvalue weighted by atomic mass is 16.5. The van der Waals surface area contributed by atoms with Crippen LogP contribution < -0.4 is 15.0 Å². The lowest BCUT2D eigenvalue weighted by atomic mass is 9.96. The zero-order valence-corrected chi connectivity index (χ0v) is 20.0. The van der Waals surface area contributed by atoms with E-state index >= 15 is 0 Å². The van der Waals surface area contributed by atoms with Crippen molar-refractivity contribution in [1.82, 2.24) is 20.2 Å². The highest BCUT2D eigenvalue weighted by Gasteiger charge is 2.27. The number of hydrogen-bond acceptors (Lipinski definition) is 6. The minimum absolute atomic E-state index is 0.0580. The number of nitrogens with one attached hydrogen (secondary N) is 1. The number of hydrogen-bond donors (Lipinski definition) is 1. The number of nitrogens with zero attached hydrogens (tertiary/aromatic N) is 4. The van der Waals surface area contributed by atoms with Crippen LogP contribution in [0.25, 0.3) is 0 Å². The molecule has 2 aromatic rings. The maximum absolute atomic E-state index is 12.7. The largest absolute Gasteiger partial charge is 0.436 e. The number of benzene rings is 1. The fourth-order valence-corrected chi connectivity index (χ4v) is 4.82. The van der Waals surface area contributed by atoms with Crippen LogP contribution in [0.4, 0.5) is 5.82 Å². The molecule has 0 aliphatic carbocycles. The highest BCUT2D eigenvalue weighted by molar-refractivity contribution is 5.79. The molecule has 2 fully saturated rings. The van der Waals surface area contributed by atoms with Gasteiger partial charge in [0.15, 0.2) is 5.82 Å². The first-order valence-electron chi connectivity index (χ1n) is 12.5. The normalized spacial score (nSPS) is 19.9. The summed E-state index contributed by atoms with van der Waals surface area (Å²) in [6.45, 7) is 8.81. The zero-order chi connectivity index (χ0) is 23.0. The molecule has 1 aromatic carbocycles. The first-order valence-corrected chi connectivity index (χ1v) is 12.5. The summed E-state index contributed by atoms with van der Waals surface area (Å²) in [6.07, 6.45) is 9.84. The van der Waals surface area contributed by atoms with Crippen LogP contribution in [0.1, 0.15) is 51.5 Å². The van der Waals surface area contributed by atoms with Crippen LogP contribution in [0.2, 0.25) is 0 Å². The van der Waals surface area contributed by atoms with Crippen molar-refractivity contribution in [3.63, 3.8) is 0 Å². The van der Waals surface area contributed by atoms with Crippen LogP contribution in [0.5, 0.6) is 11.6 Å². The Kier molecular flexibility index (Phi) is 8.15. The van der Waals surface area contributed by atoms with Gasteiger partial charge in [-0.2, -0.15) is 0 Å². The Bertz CT molecular complexity index is 896. The number of amides is 1. The van der Waals surface area contributed by atoms with Crippen molar-refractivity contribution in [3.05, 3.63) is 42.2 Å². The van der Waals surface area contributed by atoms with Crippen molar-refractivity contribution >= 4 is 11.7 Å². The molecule has 0 radical (unpaired) electrons. The molecule has 2 saturated heterocycles. The van der Waals surface area contributed by atoms with E-state index in [-0.39, 0.29) is 11.8 Å². The van der Waals surface area contributed by atoms with E-state index in [0.717, 1.165) is 63.6 Å². The predicted octanol–water partition coefficient (Wildman–Crippen LogP) is 4.04. The number of piperidine rings is 2. The maximum atomic E-state index is 12.7. The van der Waals surface area contributed by atoms with Gasteiger partial charge >= 0.3 is 0 Å². The fourth-order valence-electron chi connectivity index (χ4n) is 4.82. The minimum Gasteiger partial charge on any atom is -0.436 e. The van der Waals surface area contributed by atoms with Gasteiger partial charge in [0, 0.05) is 50.5 Å². The molecule has 1 aromatic heterocycles. The van der Waals surface area contributed by atoms with E-state index in [2.05, 4.69) is 51.1 Å². The van der Waals surface area contributed by atoms with Crippen molar-refractivity contribution in [1.29, 1.82) is 0 Å². The molecule has 3 heterocycles. The molecule has 2 aliphatic rings. The van der Waals surface area contributed by atoms with E-state index in [1.54, 1.807) is 12.4 Å². The summed E-state index contributed by atoms with van der Waals surface area (Å²) in [7, 11) is 0. The Hall–Kier alpha value is -2.67. The van der Waals surface area contributed by atoms with Gasteiger partial charge in [-0.1, -0.05) is 25.5 Å². The summed E-state index contributed by atoms with van der Waals surface area (Å²) in [5.41, 5.74) is 1.27. The Morgan fingerprint density at radius 2 is 1.82 bits per heavy atom. The van der Waals surface area contributed by atoms with Crippen molar-refractivity contribution < 1.29 is 9.53 Å². The van der Waals surface area contributed by atoms with E-state index in [9.17, 15) is 4.79 Å². The number of aryl methyl sites for hydroxylation is 1. The number of likely N-dealkylation sites (tertiary alicyclic amines) is 1. The van der Waals surface area contributed by atoms with Gasteiger partial charge in [0.05, 0.1) is 0 Å². The number of rotatable bonds is 8. The third kappa shape index (κ3) is 6.22. The number of anilines is 1. The van der Waals surface area contributed by atoms with E-state index < -0.39 is 0 Å². The number of carbonyl (C=O) groups excluding carboxylic acids is 1. The molecule has 1 N–H and O–H groups in total. The van der Waals surface area contributed by atoms with Gasteiger partial charge in [-0.3, -0.25) is 9.69 Å². The molecule has 7 nitrogen and oxygen atoms in total. The van der Waals surface area contributed by atoms with E-state index in [4.69, 9.17) is 4.74 Å². The summed E-state index contributed by atoms with van der Waals surface area (Å²) in [4.78, 5) is 26.4. The summed E-state index contributed by atoms with van der Waals surface area (Å²) >= 11 is 0. The lowest BCUT2D eigenvalue weighted by molar-refractivity contribution is -0.125. The molecule has 0 spiro atoms. The lowest BCUT2D eigenvalue weighted by Crippen LogP contribution is -2.45. The van der Waals surface area contributed by atoms with Gasteiger partial charge in [0.25, 0.3) is 5.88 Å². The zero-order valence-electron chi connectivity index (χ0n) is 20.0. The second-order valence-electron chi connectivity index (χ2n) is 9.22. The van der Waals surface area contributed by atoms with Crippen LogP contribution in [0.3, 0.4) is 0 Å².